The molecule has 0 aromatic heterocycles. The van der Waals surface area contributed by atoms with Crippen molar-refractivity contribution in [3.63, 3.8) is 0 Å². The standard InChI is InChI=1S/C7H13NO2/c1-3-4-5-8-10-6-7(2)9/h4-5,8H,3,6H2,1-2H3/b5-4+. The molecule has 0 aromatic rings. The van der Waals surface area contributed by atoms with E-state index < -0.39 is 0 Å². The van der Waals surface area contributed by atoms with Gasteiger partial charge < -0.3 is 0 Å². The van der Waals surface area contributed by atoms with E-state index in [-0.39, 0.29) is 12.4 Å². The van der Waals surface area contributed by atoms with Gasteiger partial charge in [-0.2, -0.15) is 0 Å². The Hall–Kier alpha value is -0.830. The molecule has 0 saturated carbocycles. The molecule has 0 aliphatic carbocycles. The molecule has 0 heterocycles. The first-order valence-corrected chi connectivity index (χ1v) is 3.29. The molecule has 0 atom stereocenters. The van der Waals surface area contributed by atoms with Crippen LogP contribution in [0.2, 0.25) is 0 Å². The lowest BCUT2D eigenvalue weighted by atomic mass is 10.5. The van der Waals surface area contributed by atoms with Crippen molar-refractivity contribution in [1.29, 1.82) is 0 Å². The highest BCUT2D eigenvalue weighted by molar-refractivity contribution is 5.76. The van der Waals surface area contributed by atoms with E-state index in [4.69, 9.17) is 4.84 Å². The van der Waals surface area contributed by atoms with E-state index in [9.17, 15) is 4.79 Å². The molecule has 1 N–H and O–H groups in total. The largest absolute Gasteiger partial charge is 0.297 e. The van der Waals surface area contributed by atoms with E-state index in [0.717, 1.165) is 6.42 Å². The highest BCUT2D eigenvalue weighted by atomic mass is 16.6. The summed E-state index contributed by atoms with van der Waals surface area (Å²) < 4.78 is 0. The lowest BCUT2D eigenvalue weighted by molar-refractivity contribution is -0.123. The summed E-state index contributed by atoms with van der Waals surface area (Å²) in [6, 6.07) is 0. The number of hydroxylamine groups is 1. The van der Waals surface area contributed by atoms with Crippen molar-refractivity contribution in [1.82, 2.24) is 5.48 Å². The summed E-state index contributed by atoms with van der Waals surface area (Å²) in [6.45, 7) is 3.61. The van der Waals surface area contributed by atoms with Crippen LogP contribution in [0.4, 0.5) is 0 Å². The van der Waals surface area contributed by atoms with Crippen molar-refractivity contribution in [3.8, 4) is 0 Å². The minimum absolute atomic E-state index is 0.0115. The third kappa shape index (κ3) is 7.17. The third-order valence-electron chi connectivity index (χ3n) is 0.780. The van der Waals surface area contributed by atoms with Crippen LogP contribution in [-0.2, 0) is 9.63 Å². The molecule has 0 bridgehead atoms. The fourth-order valence-corrected chi connectivity index (χ4v) is 0.357. The molecular formula is C7H13NO2. The van der Waals surface area contributed by atoms with Gasteiger partial charge in [0.2, 0.25) is 0 Å². The van der Waals surface area contributed by atoms with E-state index in [1.165, 1.54) is 6.92 Å². The molecule has 0 amide bonds. The number of allylic oxidation sites excluding steroid dienone is 1. The number of Topliss-reactive ketones (excluding diaryl/α,β-unsaturated/α-hetero) is 1. The Labute approximate surface area is 61.0 Å². The smallest absolute Gasteiger partial charge is 0.158 e. The Balaban J connectivity index is 3.05. The van der Waals surface area contributed by atoms with Crippen molar-refractivity contribution in [3.05, 3.63) is 12.3 Å². The van der Waals surface area contributed by atoms with Gasteiger partial charge in [-0.15, -0.1) is 0 Å². The van der Waals surface area contributed by atoms with Gasteiger partial charge in [-0.3, -0.25) is 15.1 Å². The molecule has 0 aliphatic rings. The Bertz CT molecular complexity index is 121. The zero-order valence-corrected chi connectivity index (χ0v) is 6.39. The Morgan fingerprint density at radius 1 is 1.70 bits per heavy atom. The van der Waals surface area contributed by atoms with E-state index in [2.05, 4.69) is 5.48 Å². The number of hydrogen-bond donors (Lipinski definition) is 1. The van der Waals surface area contributed by atoms with E-state index in [1.807, 2.05) is 13.0 Å². The number of carbonyl (C=O) groups excluding carboxylic acids is 1. The van der Waals surface area contributed by atoms with Crippen LogP contribution in [0.3, 0.4) is 0 Å². The van der Waals surface area contributed by atoms with Gasteiger partial charge in [0, 0.05) is 6.20 Å². The predicted molar refractivity (Wildman–Crippen MR) is 39.2 cm³/mol. The SMILES string of the molecule is CC/C=C/NOCC(C)=O. The van der Waals surface area contributed by atoms with Crippen LogP contribution in [0.5, 0.6) is 0 Å². The van der Waals surface area contributed by atoms with Crippen LogP contribution >= 0.6 is 0 Å². The molecule has 0 aliphatic heterocycles. The highest BCUT2D eigenvalue weighted by Gasteiger charge is 1.88. The van der Waals surface area contributed by atoms with Gasteiger partial charge in [0.05, 0.1) is 0 Å². The Kier molecular flexibility index (Phi) is 5.77. The zero-order chi connectivity index (χ0) is 7.82. The van der Waals surface area contributed by atoms with E-state index in [1.54, 1.807) is 6.20 Å². The number of hydrogen-bond acceptors (Lipinski definition) is 3. The average Bonchev–Trinajstić information content (AvgIpc) is 1.87. The monoisotopic (exact) mass is 143 g/mol. The summed E-state index contributed by atoms with van der Waals surface area (Å²) in [5.41, 5.74) is 2.52. The Morgan fingerprint density at radius 2 is 2.40 bits per heavy atom. The molecule has 0 fully saturated rings. The van der Waals surface area contributed by atoms with Crippen LogP contribution < -0.4 is 5.48 Å². The third-order valence-corrected chi connectivity index (χ3v) is 0.780. The zero-order valence-electron chi connectivity index (χ0n) is 6.39. The fourth-order valence-electron chi connectivity index (χ4n) is 0.357. The molecule has 0 radical (unpaired) electrons. The normalized spacial score (nSPS) is 10.2. The summed E-state index contributed by atoms with van der Waals surface area (Å²) in [5.74, 6) is 0.0115. The molecule has 3 nitrogen and oxygen atoms in total. The highest BCUT2D eigenvalue weighted by Crippen LogP contribution is 1.76. The molecule has 10 heavy (non-hydrogen) atoms. The van der Waals surface area contributed by atoms with Gasteiger partial charge in [-0.25, -0.2) is 0 Å². The van der Waals surface area contributed by atoms with Crippen LogP contribution in [-0.4, -0.2) is 12.4 Å². The molecule has 0 saturated heterocycles. The molecule has 58 valence electrons. The van der Waals surface area contributed by atoms with Crippen molar-refractivity contribution in [2.24, 2.45) is 0 Å². The van der Waals surface area contributed by atoms with Crippen LogP contribution in [0.25, 0.3) is 0 Å². The quantitative estimate of drug-likeness (QED) is 0.461. The molecule has 0 unspecified atom stereocenters. The second kappa shape index (κ2) is 6.29. The number of nitrogens with one attached hydrogen (secondary N) is 1. The van der Waals surface area contributed by atoms with Gasteiger partial charge in [0.25, 0.3) is 0 Å². The van der Waals surface area contributed by atoms with E-state index >= 15 is 0 Å². The average molecular weight is 143 g/mol. The fraction of sp³-hybridized carbons (Fsp3) is 0.571. The molecule has 0 spiro atoms. The lowest BCUT2D eigenvalue weighted by Gasteiger charge is -1.97. The maximum Gasteiger partial charge on any atom is 0.158 e. The molecule has 3 heteroatoms. The number of ketones is 1. The summed E-state index contributed by atoms with van der Waals surface area (Å²) in [7, 11) is 0. The summed E-state index contributed by atoms with van der Waals surface area (Å²) in [5, 5.41) is 0. The first kappa shape index (κ1) is 9.17. The van der Waals surface area contributed by atoms with Crippen LogP contribution in [0.15, 0.2) is 12.3 Å². The van der Waals surface area contributed by atoms with Gasteiger partial charge in [0.15, 0.2) is 5.78 Å². The van der Waals surface area contributed by atoms with Gasteiger partial charge >= 0.3 is 0 Å². The summed E-state index contributed by atoms with van der Waals surface area (Å²) >= 11 is 0. The van der Waals surface area contributed by atoms with Crippen LogP contribution in [0.1, 0.15) is 20.3 Å². The van der Waals surface area contributed by atoms with E-state index in [0.29, 0.717) is 0 Å². The maximum absolute atomic E-state index is 10.3. The maximum atomic E-state index is 10.3. The topological polar surface area (TPSA) is 38.3 Å². The van der Waals surface area contributed by atoms with Crippen molar-refractivity contribution >= 4 is 5.78 Å². The molecule has 0 aromatic carbocycles. The minimum atomic E-state index is 0.0115. The summed E-state index contributed by atoms with van der Waals surface area (Å²) in [6.07, 6.45) is 4.53. The summed E-state index contributed by atoms with van der Waals surface area (Å²) in [4.78, 5) is 15.0. The first-order chi connectivity index (χ1) is 4.77. The Morgan fingerprint density at radius 3 is 2.90 bits per heavy atom. The van der Waals surface area contributed by atoms with Gasteiger partial charge in [-0.1, -0.05) is 13.0 Å². The van der Waals surface area contributed by atoms with Crippen molar-refractivity contribution < 1.29 is 9.63 Å². The predicted octanol–water partition coefficient (Wildman–Crippen LogP) is 1.02. The first-order valence-electron chi connectivity index (χ1n) is 3.29. The minimum Gasteiger partial charge on any atom is -0.297 e. The second-order valence-electron chi connectivity index (χ2n) is 1.92. The van der Waals surface area contributed by atoms with Crippen LogP contribution in [0, 0.1) is 0 Å². The van der Waals surface area contributed by atoms with Crippen molar-refractivity contribution in [2.45, 2.75) is 20.3 Å². The number of rotatable bonds is 5. The lowest BCUT2D eigenvalue weighted by Crippen LogP contribution is -2.12. The van der Waals surface area contributed by atoms with Gasteiger partial charge in [-0.05, 0) is 13.3 Å². The second-order valence-corrected chi connectivity index (χ2v) is 1.92. The van der Waals surface area contributed by atoms with Gasteiger partial charge in [0.1, 0.15) is 6.61 Å². The number of carbonyl (C=O) groups is 1. The molecular weight excluding hydrogens is 130 g/mol. The molecule has 0 rings (SSSR count). The van der Waals surface area contributed by atoms with Crippen molar-refractivity contribution in [2.75, 3.05) is 6.61 Å².